The summed E-state index contributed by atoms with van der Waals surface area (Å²) in [7, 11) is 4.45. The maximum absolute atomic E-state index is 12.6. The lowest BCUT2D eigenvalue weighted by atomic mass is 10.1. The lowest BCUT2D eigenvalue weighted by Crippen LogP contribution is -2.41. The van der Waals surface area contributed by atoms with Crippen molar-refractivity contribution in [3.63, 3.8) is 0 Å². The second-order valence-electron chi connectivity index (χ2n) is 5.91. The van der Waals surface area contributed by atoms with Crippen molar-refractivity contribution in [2.75, 3.05) is 27.9 Å². The molecule has 0 fully saturated rings. The number of aliphatic carboxylic acids is 1. The highest BCUT2D eigenvalue weighted by Gasteiger charge is 2.15. The minimum absolute atomic E-state index is 0.163. The van der Waals surface area contributed by atoms with E-state index in [4.69, 9.17) is 14.2 Å². The predicted molar refractivity (Wildman–Crippen MR) is 106 cm³/mol. The molecule has 0 bridgehead atoms. The third-order valence-electron chi connectivity index (χ3n) is 3.96. The molecule has 0 atom stereocenters. The number of nitrogens with one attached hydrogen (secondary N) is 2. The monoisotopic (exact) mass is 413 g/mol. The van der Waals surface area contributed by atoms with Crippen LogP contribution < -0.4 is 30.0 Å². The van der Waals surface area contributed by atoms with Gasteiger partial charge in [0.2, 0.25) is 0 Å². The minimum Gasteiger partial charge on any atom is -0.548 e. The van der Waals surface area contributed by atoms with E-state index in [0.29, 0.717) is 22.8 Å². The molecule has 2 amide bonds. The van der Waals surface area contributed by atoms with Gasteiger partial charge in [-0.3, -0.25) is 9.59 Å². The zero-order valence-corrected chi connectivity index (χ0v) is 16.7. The Balaban J connectivity index is 2.33. The smallest absolute Gasteiger partial charge is 0.268 e. The first-order valence-corrected chi connectivity index (χ1v) is 8.75. The molecule has 2 N–H and O–H groups in total. The number of benzene rings is 2. The summed E-state index contributed by atoms with van der Waals surface area (Å²) in [6, 6.07) is 11.1. The Labute approximate surface area is 173 Å². The van der Waals surface area contributed by atoms with Gasteiger partial charge in [0.1, 0.15) is 11.4 Å². The number of carbonyl (C=O) groups excluding carboxylic acids is 3. The average Bonchev–Trinajstić information content (AvgIpc) is 2.76. The molecular formula is C21H21N2O7-. The lowest BCUT2D eigenvalue weighted by Gasteiger charge is -2.13. The topological polar surface area (TPSA) is 126 Å². The highest BCUT2D eigenvalue weighted by atomic mass is 16.5. The zero-order chi connectivity index (χ0) is 22.1. The summed E-state index contributed by atoms with van der Waals surface area (Å²) in [4.78, 5) is 35.7. The van der Waals surface area contributed by atoms with Gasteiger partial charge in [0.15, 0.2) is 11.5 Å². The predicted octanol–water partition coefficient (Wildman–Crippen LogP) is 0.349. The van der Waals surface area contributed by atoms with Gasteiger partial charge in [0.25, 0.3) is 11.8 Å². The molecule has 0 aliphatic rings. The van der Waals surface area contributed by atoms with Crippen LogP contribution >= 0.6 is 0 Å². The number of amides is 2. The van der Waals surface area contributed by atoms with Crippen molar-refractivity contribution >= 4 is 23.9 Å². The summed E-state index contributed by atoms with van der Waals surface area (Å²) < 4.78 is 15.5. The number of methoxy groups -OCH3 is 3. The van der Waals surface area contributed by atoms with Gasteiger partial charge in [-0.05, 0) is 48.0 Å². The summed E-state index contributed by atoms with van der Waals surface area (Å²) in [5, 5.41) is 15.3. The minimum atomic E-state index is -1.46. The number of carboxylic acid groups (broad SMARTS) is 1. The summed E-state index contributed by atoms with van der Waals surface area (Å²) in [6.45, 7) is -0.708. The molecule has 2 aromatic rings. The summed E-state index contributed by atoms with van der Waals surface area (Å²) in [6.07, 6.45) is 1.38. The van der Waals surface area contributed by atoms with Crippen LogP contribution in [0.15, 0.2) is 48.2 Å². The molecule has 2 aromatic carbocycles. The molecule has 0 aromatic heterocycles. The number of carbonyl (C=O) groups is 3. The van der Waals surface area contributed by atoms with E-state index >= 15 is 0 Å². The molecule has 2 rings (SSSR count). The SMILES string of the molecule is COc1ccc(C(=O)N/C(=C/c2ccc(OC)c(OC)c2)C(=O)NCC(=O)[O-])cc1. The molecule has 9 nitrogen and oxygen atoms in total. The van der Waals surface area contributed by atoms with Crippen LogP contribution in [0, 0.1) is 0 Å². The van der Waals surface area contributed by atoms with Gasteiger partial charge >= 0.3 is 0 Å². The Hall–Kier alpha value is -4.01. The highest BCUT2D eigenvalue weighted by Crippen LogP contribution is 2.28. The van der Waals surface area contributed by atoms with Crippen LogP contribution in [-0.4, -0.2) is 45.7 Å². The van der Waals surface area contributed by atoms with Crippen molar-refractivity contribution in [2.45, 2.75) is 0 Å². The molecule has 0 heterocycles. The van der Waals surface area contributed by atoms with Gasteiger partial charge in [0, 0.05) is 5.56 Å². The quantitative estimate of drug-likeness (QED) is 0.568. The molecule has 158 valence electrons. The molecule has 0 spiro atoms. The first-order chi connectivity index (χ1) is 14.4. The van der Waals surface area contributed by atoms with Crippen LogP contribution in [0.25, 0.3) is 6.08 Å². The number of hydrogen-bond acceptors (Lipinski definition) is 7. The van der Waals surface area contributed by atoms with Crippen molar-refractivity contribution in [3.8, 4) is 17.2 Å². The van der Waals surface area contributed by atoms with Gasteiger partial charge in [-0.15, -0.1) is 0 Å². The van der Waals surface area contributed by atoms with Gasteiger partial charge in [-0.1, -0.05) is 6.07 Å². The molecule has 0 radical (unpaired) electrons. The van der Waals surface area contributed by atoms with Crippen LogP contribution in [0.5, 0.6) is 17.2 Å². The lowest BCUT2D eigenvalue weighted by molar-refractivity contribution is -0.303. The zero-order valence-electron chi connectivity index (χ0n) is 16.7. The van der Waals surface area contributed by atoms with Crippen LogP contribution in [0.1, 0.15) is 15.9 Å². The molecule has 0 aliphatic carbocycles. The fourth-order valence-electron chi connectivity index (χ4n) is 2.45. The summed E-state index contributed by atoms with van der Waals surface area (Å²) in [5.41, 5.74) is 0.632. The first kappa shape index (κ1) is 22.3. The molecule has 0 unspecified atom stereocenters. The van der Waals surface area contributed by atoms with E-state index in [2.05, 4.69) is 10.6 Å². The van der Waals surface area contributed by atoms with E-state index in [1.165, 1.54) is 39.5 Å². The Morgan fingerprint density at radius 1 is 0.933 bits per heavy atom. The van der Waals surface area contributed by atoms with E-state index in [-0.39, 0.29) is 11.3 Å². The standard InChI is InChI=1S/C21H22N2O7/c1-28-15-7-5-14(6-8-15)20(26)23-16(21(27)22-12-19(24)25)10-13-4-9-17(29-2)18(11-13)30-3/h4-11H,12H2,1-3H3,(H,22,27)(H,23,26)(H,24,25)/p-1/b16-10+. The second-order valence-corrected chi connectivity index (χ2v) is 5.91. The van der Waals surface area contributed by atoms with E-state index in [0.717, 1.165) is 0 Å². The van der Waals surface area contributed by atoms with Gasteiger partial charge < -0.3 is 34.7 Å². The van der Waals surface area contributed by atoms with Crippen LogP contribution in [0.4, 0.5) is 0 Å². The Kier molecular flexibility index (Phi) is 7.81. The largest absolute Gasteiger partial charge is 0.548 e. The van der Waals surface area contributed by atoms with Crippen molar-refractivity contribution in [1.29, 1.82) is 0 Å². The van der Waals surface area contributed by atoms with Crippen molar-refractivity contribution in [2.24, 2.45) is 0 Å². The molecular weight excluding hydrogens is 392 g/mol. The van der Waals surface area contributed by atoms with E-state index in [9.17, 15) is 19.5 Å². The maximum Gasteiger partial charge on any atom is 0.268 e. The van der Waals surface area contributed by atoms with Crippen molar-refractivity contribution < 1.29 is 33.7 Å². The van der Waals surface area contributed by atoms with E-state index in [1.54, 1.807) is 30.3 Å². The summed E-state index contributed by atoms with van der Waals surface area (Å²) in [5.74, 6) is -1.35. The van der Waals surface area contributed by atoms with Crippen LogP contribution in [-0.2, 0) is 9.59 Å². The fourth-order valence-corrected chi connectivity index (χ4v) is 2.45. The second kappa shape index (κ2) is 10.5. The van der Waals surface area contributed by atoms with Crippen LogP contribution in [0.3, 0.4) is 0 Å². The van der Waals surface area contributed by atoms with Gasteiger partial charge in [0.05, 0.1) is 33.8 Å². The third kappa shape index (κ3) is 5.99. The normalized spacial score (nSPS) is 10.7. The number of rotatable bonds is 9. The van der Waals surface area contributed by atoms with Gasteiger partial charge in [-0.2, -0.15) is 0 Å². The number of carboxylic acids is 1. The Morgan fingerprint density at radius 2 is 1.60 bits per heavy atom. The first-order valence-electron chi connectivity index (χ1n) is 8.75. The van der Waals surface area contributed by atoms with E-state index < -0.39 is 24.3 Å². The van der Waals surface area contributed by atoms with Gasteiger partial charge in [-0.25, -0.2) is 0 Å². The molecule has 0 aliphatic heterocycles. The summed E-state index contributed by atoms with van der Waals surface area (Å²) >= 11 is 0. The van der Waals surface area contributed by atoms with Crippen molar-refractivity contribution in [1.82, 2.24) is 10.6 Å². The van der Waals surface area contributed by atoms with Crippen LogP contribution in [0.2, 0.25) is 0 Å². The Morgan fingerprint density at radius 3 is 2.17 bits per heavy atom. The number of hydrogen-bond donors (Lipinski definition) is 2. The van der Waals surface area contributed by atoms with E-state index in [1.807, 2.05) is 0 Å². The Bertz CT molecular complexity index is 952. The average molecular weight is 413 g/mol. The molecule has 30 heavy (non-hydrogen) atoms. The highest BCUT2D eigenvalue weighted by molar-refractivity contribution is 6.05. The number of ether oxygens (including phenoxy) is 3. The third-order valence-corrected chi connectivity index (χ3v) is 3.96. The van der Waals surface area contributed by atoms with Crippen molar-refractivity contribution in [3.05, 3.63) is 59.3 Å². The molecule has 0 saturated heterocycles. The fraction of sp³-hybridized carbons (Fsp3) is 0.190. The maximum atomic E-state index is 12.6. The molecule has 9 heteroatoms. The molecule has 0 saturated carbocycles.